The molecule has 22 heavy (non-hydrogen) atoms. The molecule has 1 rings (SSSR count). The molecule has 1 aliphatic rings. The van der Waals surface area contributed by atoms with Crippen LogP contribution in [0.1, 0.15) is 19.3 Å². The van der Waals surface area contributed by atoms with Gasteiger partial charge in [0.05, 0.1) is 6.04 Å². The molecule has 1 aliphatic heterocycles. The molecule has 0 aromatic carbocycles. The van der Waals surface area contributed by atoms with Crippen LogP contribution < -0.4 is 0 Å². The van der Waals surface area contributed by atoms with E-state index in [0.717, 1.165) is 44.9 Å². The Labute approximate surface area is 152 Å². The Balaban J connectivity index is 0.00000441. The first kappa shape index (κ1) is 21.4. The van der Waals surface area contributed by atoms with Gasteiger partial charge in [-0.1, -0.05) is 0 Å². The maximum atomic E-state index is 12.1. The zero-order valence-electron chi connectivity index (χ0n) is 14.9. The molecule has 0 bridgehead atoms. The zero-order valence-corrected chi connectivity index (χ0v) is 17.2. The van der Waals surface area contributed by atoms with Crippen molar-refractivity contribution in [3.8, 4) is 0 Å². The molecule has 0 aromatic rings. The highest BCUT2D eigenvalue weighted by Crippen LogP contribution is 2.18. The summed E-state index contributed by atoms with van der Waals surface area (Å²) in [6, 6.07) is 0.0751. The summed E-state index contributed by atoms with van der Waals surface area (Å²) in [6.45, 7) is 2.77. The number of carbonyl (C=O) groups excluding carboxylic acids is 1. The van der Waals surface area contributed by atoms with Gasteiger partial charge in [0.2, 0.25) is 5.91 Å². The highest BCUT2D eigenvalue weighted by molar-refractivity contribution is 14.0. The summed E-state index contributed by atoms with van der Waals surface area (Å²) in [4.78, 5) is 24.8. The first-order valence-corrected chi connectivity index (χ1v) is 7.69. The van der Waals surface area contributed by atoms with Crippen LogP contribution in [0.15, 0.2) is 4.99 Å². The van der Waals surface area contributed by atoms with E-state index in [9.17, 15) is 4.79 Å². The molecule has 0 aliphatic carbocycles. The average molecular weight is 425 g/mol. The number of guanidine groups is 1. The summed E-state index contributed by atoms with van der Waals surface area (Å²) < 4.78 is 0. The van der Waals surface area contributed by atoms with E-state index in [1.165, 1.54) is 0 Å². The topological polar surface area (TPSA) is 42.4 Å². The molecule has 1 atom stereocenters. The second-order valence-corrected chi connectivity index (χ2v) is 6.25. The lowest BCUT2D eigenvalue weighted by atomic mass is 10.2. The highest BCUT2D eigenvalue weighted by atomic mass is 127. The Morgan fingerprint density at radius 2 is 1.68 bits per heavy atom. The molecule has 1 unspecified atom stereocenters. The molecular weight excluding hydrogens is 393 g/mol. The fourth-order valence-corrected chi connectivity index (χ4v) is 2.81. The van der Waals surface area contributed by atoms with Crippen LogP contribution in [0.4, 0.5) is 0 Å². The summed E-state index contributed by atoms with van der Waals surface area (Å²) in [5.74, 6) is 1.22. The van der Waals surface area contributed by atoms with Crippen LogP contribution in [0, 0.1) is 0 Å². The molecule has 0 saturated carbocycles. The van der Waals surface area contributed by atoms with Gasteiger partial charge in [0.1, 0.15) is 0 Å². The van der Waals surface area contributed by atoms with Crippen molar-refractivity contribution in [1.82, 2.24) is 19.6 Å². The van der Waals surface area contributed by atoms with Gasteiger partial charge in [-0.2, -0.15) is 0 Å². The zero-order chi connectivity index (χ0) is 16.0. The smallest absolute Gasteiger partial charge is 0.239 e. The third-order valence-electron chi connectivity index (χ3n) is 3.75. The molecule has 1 fully saturated rings. The van der Waals surface area contributed by atoms with Crippen molar-refractivity contribution in [1.29, 1.82) is 0 Å². The van der Waals surface area contributed by atoms with Crippen molar-refractivity contribution in [2.24, 2.45) is 4.99 Å². The van der Waals surface area contributed by atoms with Gasteiger partial charge in [0.15, 0.2) is 5.96 Å². The maximum absolute atomic E-state index is 12.1. The van der Waals surface area contributed by atoms with Gasteiger partial charge < -0.3 is 14.7 Å². The molecule has 130 valence electrons. The Hall–Kier alpha value is -0.570. The van der Waals surface area contributed by atoms with Crippen molar-refractivity contribution >= 4 is 35.8 Å². The molecule has 1 heterocycles. The van der Waals surface area contributed by atoms with Gasteiger partial charge in [0.25, 0.3) is 0 Å². The monoisotopic (exact) mass is 425 g/mol. The van der Waals surface area contributed by atoms with Crippen molar-refractivity contribution < 1.29 is 4.79 Å². The van der Waals surface area contributed by atoms with Gasteiger partial charge in [0, 0.05) is 55.4 Å². The minimum atomic E-state index is 0. The Bertz CT molecular complexity index is 361. The maximum Gasteiger partial charge on any atom is 0.239 e. The van der Waals surface area contributed by atoms with Gasteiger partial charge in [-0.15, -0.1) is 24.0 Å². The second-order valence-electron chi connectivity index (χ2n) is 6.25. The van der Waals surface area contributed by atoms with Crippen molar-refractivity contribution in [3.05, 3.63) is 0 Å². The van der Waals surface area contributed by atoms with E-state index in [1.54, 1.807) is 4.90 Å². The number of amides is 1. The van der Waals surface area contributed by atoms with Crippen LogP contribution in [-0.4, -0.2) is 99.4 Å². The van der Waals surface area contributed by atoms with Crippen molar-refractivity contribution in [2.45, 2.75) is 25.3 Å². The standard InChI is InChI=1S/C15H31N5O.HI/c1-17(2)14(21)13-9-7-11-20(13)12-8-10-16-15(18(3)4)19(5)6;/h13H,7-12H2,1-6H3;1H. The predicted molar refractivity (Wildman–Crippen MR) is 103 cm³/mol. The number of hydrogen-bond donors (Lipinski definition) is 0. The Morgan fingerprint density at radius 1 is 1.09 bits per heavy atom. The number of likely N-dealkylation sites (N-methyl/N-ethyl adjacent to an activating group) is 1. The van der Waals surface area contributed by atoms with E-state index < -0.39 is 0 Å². The summed E-state index contributed by atoms with van der Waals surface area (Å²) in [5.41, 5.74) is 0. The van der Waals surface area contributed by atoms with Crippen molar-refractivity contribution in [3.63, 3.8) is 0 Å². The van der Waals surface area contributed by atoms with E-state index >= 15 is 0 Å². The predicted octanol–water partition coefficient (Wildman–Crippen LogP) is 1.03. The van der Waals surface area contributed by atoms with Gasteiger partial charge in [-0.25, -0.2) is 0 Å². The van der Waals surface area contributed by atoms with Gasteiger partial charge in [-0.05, 0) is 25.8 Å². The average Bonchev–Trinajstić information content (AvgIpc) is 2.84. The van der Waals surface area contributed by atoms with E-state index in [0.29, 0.717) is 0 Å². The van der Waals surface area contributed by atoms with Gasteiger partial charge in [-0.3, -0.25) is 14.7 Å². The quantitative estimate of drug-likeness (QED) is 0.286. The third kappa shape index (κ3) is 6.28. The largest absolute Gasteiger partial charge is 0.349 e. The van der Waals surface area contributed by atoms with Crippen LogP contribution in [0.3, 0.4) is 0 Å². The van der Waals surface area contributed by atoms with Crippen LogP contribution in [-0.2, 0) is 4.79 Å². The first-order chi connectivity index (χ1) is 9.84. The number of likely N-dealkylation sites (tertiary alicyclic amines) is 1. The molecule has 1 saturated heterocycles. The summed E-state index contributed by atoms with van der Waals surface area (Å²) >= 11 is 0. The van der Waals surface area contributed by atoms with E-state index in [1.807, 2.05) is 52.1 Å². The Kier molecular flexibility index (Phi) is 9.99. The van der Waals surface area contributed by atoms with E-state index in [4.69, 9.17) is 0 Å². The van der Waals surface area contributed by atoms with Gasteiger partial charge >= 0.3 is 0 Å². The van der Waals surface area contributed by atoms with E-state index in [2.05, 4.69) is 9.89 Å². The number of halogens is 1. The number of nitrogens with zero attached hydrogens (tertiary/aromatic N) is 5. The van der Waals surface area contributed by atoms with Crippen LogP contribution in [0.5, 0.6) is 0 Å². The van der Waals surface area contributed by atoms with E-state index in [-0.39, 0.29) is 35.9 Å². The Morgan fingerprint density at radius 3 is 2.18 bits per heavy atom. The molecule has 0 aromatic heterocycles. The number of aliphatic imine (C=N–C) groups is 1. The molecular formula is C15H32IN5O. The fourth-order valence-electron chi connectivity index (χ4n) is 2.81. The van der Waals surface area contributed by atoms with Crippen LogP contribution in [0.2, 0.25) is 0 Å². The molecule has 1 amide bonds. The lowest BCUT2D eigenvalue weighted by Gasteiger charge is -2.26. The minimum Gasteiger partial charge on any atom is -0.349 e. The normalized spacial score (nSPS) is 17.6. The summed E-state index contributed by atoms with van der Waals surface area (Å²) in [5, 5.41) is 0. The summed E-state index contributed by atoms with van der Waals surface area (Å²) in [7, 11) is 11.7. The lowest BCUT2D eigenvalue weighted by molar-refractivity contribution is -0.133. The minimum absolute atomic E-state index is 0. The van der Waals surface area contributed by atoms with Crippen molar-refractivity contribution in [2.75, 3.05) is 61.9 Å². The number of hydrogen-bond acceptors (Lipinski definition) is 3. The number of carbonyl (C=O) groups is 1. The van der Waals surface area contributed by atoms with Crippen LogP contribution in [0.25, 0.3) is 0 Å². The molecule has 6 nitrogen and oxygen atoms in total. The number of rotatable bonds is 5. The lowest BCUT2D eigenvalue weighted by Crippen LogP contribution is -2.43. The second kappa shape index (κ2) is 10.3. The molecule has 7 heteroatoms. The first-order valence-electron chi connectivity index (χ1n) is 7.69. The molecule has 0 N–H and O–H groups in total. The molecule has 0 spiro atoms. The third-order valence-corrected chi connectivity index (χ3v) is 3.75. The highest BCUT2D eigenvalue weighted by Gasteiger charge is 2.30. The van der Waals surface area contributed by atoms with Crippen LogP contribution >= 0.6 is 24.0 Å². The SMILES string of the molecule is CN(C)C(=O)C1CCCN1CCCN=C(N(C)C)N(C)C.I. The fraction of sp³-hybridized carbons (Fsp3) is 0.867. The molecule has 0 radical (unpaired) electrons. The summed E-state index contributed by atoms with van der Waals surface area (Å²) in [6.07, 6.45) is 3.09.